The molecule has 0 bridgehead atoms. The Kier molecular flexibility index (Phi) is 5.17. The molecule has 0 aliphatic heterocycles. The van der Waals surface area contributed by atoms with E-state index < -0.39 is 22.5 Å². The zero-order chi connectivity index (χ0) is 19.0. The molecular weight excluding hydrogens is 356 g/mol. The molecule has 0 saturated heterocycles. The average molecular weight is 378 g/mol. The number of thioether (sulfide) groups is 1. The van der Waals surface area contributed by atoms with E-state index in [2.05, 4.69) is 9.97 Å². The predicted molar refractivity (Wildman–Crippen MR) is 98.8 cm³/mol. The molecule has 0 aromatic carbocycles. The van der Waals surface area contributed by atoms with Crippen LogP contribution < -0.4 is 11.2 Å². The molecule has 2 heterocycles. The van der Waals surface area contributed by atoms with Crippen molar-refractivity contribution in [1.82, 2.24) is 19.1 Å². The van der Waals surface area contributed by atoms with Gasteiger partial charge in [-0.3, -0.25) is 18.7 Å². The van der Waals surface area contributed by atoms with E-state index in [-0.39, 0.29) is 17.0 Å². The summed E-state index contributed by atoms with van der Waals surface area (Å²) in [7, 11) is 2.97. The number of aromatic nitrogens is 4. The van der Waals surface area contributed by atoms with Crippen molar-refractivity contribution in [3.63, 3.8) is 0 Å². The summed E-state index contributed by atoms with van der Waals surface area (Å²) >= 11 is 1.06. The molecule has 1 fully saturated rings. The van der Waals surface area contributed by atoms with Crippen molar-refractivity contribution in [1.29, 1.82) is 0 Å². The van der Waals surface area contributed by atoms with Crippen LogP contribution in [0.1, 0.15) is 50.8 Å². The summed E-state index contributed by atoms with van der Waals surface area (Å²) < 4.78 is 2.34. The number of rotatable bonds is 5. The summed E-state index contributed by atoms with van der Waals surface area (Å²) in [4.78, 5) is 45.6. The molecule has 2 aromatic rings. The van der Waals surface area contributed by atoms with Gasteiger partial charge in [-0.15, -0.1) is 0 Å². The second-order valence-corrected chi connectivity index (χ2v) is 7.82. The molecule has 1 aliphatic rings. The third-order valence-corrected chi connectivity index (χ3v) is 6.24. The standard InChI is InChI=1S/C17H22N4O4S/c1-4-10(16(23)24)26-14-11-13(20(2)17(25)21(3)15(11)22)18-12(19-14)9-7-5-6-8-9/h9-10H,4-8H2,1-3H3,(H,23,24)/t10-/m0/s1. The van der Waals surface area contributed by atoms with Crippen LogP contribution in [0.25, 0.3) is 11.0 Å². The molecule has 0 spiro atoms. The van der Waals surface area contributed by atoms with Crippen molar-refractivity contribution in [2.24, 2.45) is 14.1 Å². The monoisotopic (exact) mass is 378 g/mol. The smallest absolute Gasteiger partial charge is 0.332 e. The van der Waals surface area contributed by atoms with Crippen molar-refractivity contribution in [2.45, 2.75) is 55.2 Å². The summed E-state index contributed by atoms with van der Waals surface area (Å²) in [6.45, 7) is 1.78. The molecule has 2 aromatic heterocycles. The zero-order valence-electron chi connectivity index (χ0n) is 15.1. The van der Waals surface area contributed by atoms with Crippen LogP contribution in [0.3, 0.4) is 0 Å². The second kappa shape index (κ2) is 7.22. The van der Waals surface area contributed by atoms with Crippen LogP contribution in [0.4, 0.5) is 0 Å². The van der Waals surface area contributed by atoms with Crippen LogP contribution in [0.15, 0.2) is 14.6 Å². The van der Waals surface area contributed by atoms with Gasteiger partial charge in [-0.25, -0.2) is 14.8 Å². The van der Waals surface area contributed by atoms with E-state index in [0.29, 0.717) is 17.3 Å². The number of fused-ring (bicyclic) bond motifs is 1. The lowest BCUT2D eigenvalue weighted by Crippen LogP contribution is -2.38. The van der Waals surface area contributed by atoms with Crippen LogP contribution in [-0.2, 0) is 18.9 Å². The lowest BCUT2D eigenvalue weighted by atomic mass is 10.1. The number of carboxylic acids is 1. The van der Waals surface area contributed by atoms with Crippen molar-refractivity contribution >= 4 is 28.8 Å². The fourth-order valence-corrected chi connectivity index (χ4v) is 4.32. The molecule has 0 radical (unpaired) electrons. The maximum atomic E-state index is 12.7. The van der Waals surface area contributed by atoms with E-state index in [4.69, 9.17) is 0 Å². The van der Waals surface area contributed by atoms with Crippen LogP contribution in [0, 0.1) is 0 Å². The first-order chi connectivity index (χ1) is 12.3. The van der Waals surface area contributed by atoms with Gasteiger partial charge in [-0.05, 0) is 19.3 Å². The van der Waals surface area contributed by atoms with E-state index in [1.54, 1.807) is 14.0 Å². The van der Waals surface area contributed by atoms with Gasteiger partial charge < -0.3 is 5.11 Å². The topological polar surface area (TPSA) is 107 Å². The van der Waals surface area contributed by atoms with Crippen molar-refractivity contribution in [3.8, 4) is 0 Å². The average Bonchev–Trinajstić information content (AvgIpc) is 3.16. The third-order valence-electron chi connectivity index (χ3n) is 4.90. The minimum Gasteiger partial charge on any atom is -0.480 e. The van der Waals surface area contributed by atoms with Crippen LogP contribution in [0.2, 0.25) is 0 Å². The number of aliphatic carboxylic acids is 1. The first kappa shape index (κ1) is 18.6. The number of nitrogens with zero attached hydrogens (tertiary/aromatic N) is 4. The quantitative estimate of drug-likeness (QED) is 0.622. The van der Waals surface area contributed by atoms with Gasteiger partial charge >= 0.3 is 11.7 Å². The van der Waals surface area contributed by atoms with Crippen molar-refractivity contribution < 1.29 is 9.90 Å². The Balaban J connectivity index is 2.29. The predicted octanol–water partition coefficient (Wildman–Crippen LogP) is 1.64. The maximum absolute atomic E-state index is 12.7. The van der Waals surface area contributed by atoms with Crippen LogP contribution >= 0.6 is 11.8 Å². The Labute approximate surface area is 154 Å². The molecule has 9 heteroatoms. The van der Waals surface area contributed by atoms with Gasteiger partial charge in [0.05, 0.1) is 0 Å². The minimum absolute atomic E-state index is 0.183. The number of hydrogen-bond donors (Lipinski definition) is 1. The van der Waals surface area contributed by atoms with Crippen molar-refractivity contribution in [3.05, 3.63) is 26.7 Å². The molecular formula is C17H22N4O4S. The van der Waals surface area contributed by atoms with Gasteiger partial charge in [0, 0.05) is 20.0 Å². The molecule has 140 valence electrons. The fourth-order valence-electron chi connectivity index (χ4n) is 3.34. The van der Waals surface area contributed by atoms with Crippen LogP contribution in [0.5, 0.6) is 0 Å². The largest absolute Gasteiger partial charge is 0.480 e. The highest BCUT2D eigenvalue weighted by Crippen LogP contribution is 2.35. The molecule has 1 atom stereocenters. The highest BCUT2D eigenvalue weighted by atomic mass is 32.2. The maximum Gasteiger partial charge on any atom is 0.332 e. The second-order valence-electron chi connectivity index (χ2n) is 6.63. The fraction of sp³-hybridized carbons (Fsp3) is 0.588. The third kappa shape index (κ3) is 3.15. The van der Waals surface area contributed by atoms with E-state index in [9.17, 15) is 19.5 Å². The first-order valence-electron chi connectivity index (χ1n) is 8.72. The molecule has 0 unspecified atom stereocenters. The van der Waals surface area contributed by atoms with E-state index in [1.807, 2.05) is 0 Å². The van der Waals surface area contributed by atoms with Gasteiger partial charge in [0.2, 0.25) is 0 Å². The van der Waals surface area contributed by atoms with E-state index in [1.165, 1.54) is 11.6 Å². The number of carboxylic acid groups (broad SMARTS) is 1. The lowest BCUT2D eigenvalue weighted by Gasteiger charge is -2.16. The summed E-state index contributed by atoms with van der Waals surface area (Å²) in [6.07, 6.45) is 4.51. The molecule has 1 saturated carbocycles. The summed E-state index contributed by atoms with van der Waals surface area (Å²) in [6, 6.07) is 0. The minimum atomic E-state index is -0.951. The summed E-state index contributed by atoms with van der Waals surface area (Å²) in [5.41, 5.74) is -0.679. The zero-order valence-corrected chi connectivity index (χ0v) is 15.9. The van der Waals surface area contributed by atoms with Gasteiger partial charge in [0.25, 0.3) is 5.56 Å². The first-order valence-corrected chi connectivity index (χ1v) is 9.60. The summed E-state index contributed by atoms with van der Waals surface area (Å²) in [5.74, 6) is -0.169. The van der Waals surface area contributed by atoms with Crippen LogP contribution in [-0.4, -0.2) is 35.4 Å². The van der Waals surface area contributed by atoms with Crippen molar-refractivity contribution in [2.75, 3.05) is 0 Å². The molecule has 8 nitrogen and oxygen atoms in total. The van der Waals surface area contributed by atoms with Gasteiger partial charge in [-0.1, -0.05) is 31.5 Å². The Bertz CT molecular complexity index is 975. The highest BCUT2D eigenvalue weighted by molar-refractivity contribution is 8.00. The Morgan fingerprint density at radius 1 is 1.23 bits per heavy atom. The summed E-state index contributed by atoms with van der Waals surface area (Å²) in [5, 5.41) is 9.25. The number of aryl methyl sites for hydroxylation is 1. The highest BCUT2D eigenvalue weighted by Gasteiger charge is 2.26. The lowest BCUT2D eigenvalue weighted by molar-refractivity contribution is -0.136. The van der Waals surface area contributed by atoms with Gasteiger partial charge in [-0.2, -0.15) is 0 Å². The van der Waals surface area contributed by atoms with Gasteiger partial charge in [0.1, 0.15) is 21.5 Å². The number of hydrogen-bond acceptors (Lipinski definition) is 6. The molecule has 0 amide bonds. The Morgan fingerprint density at radius 3 is 2.46 bits per heavy atom. The molecule has 3 rings (SSSR count). The van der Waals surface area contributed by atoms with E-state index >= 15 is 0 Å². The normalized spacial score (nSPS) is 16.3. The molecule has 26 heavy (non-hydrogen) atoms. The number of carbonyl (C=O) groups is 1. The SMILES string of the molecule is CC[C@H](Sc1nc(C2CCCC2)nc2c1c(=O)n(C)c(=O)n2C)C(=O)O. The molecule has 1 N–H and O–H groups in total. The Morgan fingerprint density at radius 2 is 1.88 bits per heavy atom. The Hall–Kier alpha value is -2.16. The van der Waals surface area contributed by atoms with Gasteiger partial charge in [0.15, 0.2) is 5.65 Å². The van der Waals surface area contributed by atoms with E-state index in [0.717, 1.165) is 42.0 Å². The molecule has 1 aliphatic carbocycles.